The summed E-state index contributed by atoms with van der Waals surface area (Å²) in [4.78, 5) is 31.3. The highest BCUT2D eigenvalue weighted by Crippen LogP contribution is 2.14. The molecule has 0 saturated carbocycles. The zero-order valence-electron chi connectivity index (χ0n) is 18.9. The maximum Gasteiger partial charge on any atom is 0.253 e. The third-order valence-corrected chi connectivity index (χ3v) is 5.95. The Morgan fingerprint density at radius 3 is 2.13 bits per heavy atom. The first-order valence-corrected chi connectivity index (χ1v) is 11.2. The summed E-state index contributed by atoms with van der Waals surface area (Å²) in [6.45, 7) is 12.5. The average Bonchev–Trinajstić information content (AvgIpc) is 2.78. The second kappa shape index (κ2) is 11.1. The van der Waals surface area contributed by atoms with E-state index in [-0.39, 0.29) is 11.8 Å². The molecule has 3 rings (SSSR count). The van der Waals surface area contributed by atoms with Crippen LogP contribution in [0.15, 0.2) is 48.5 Å². The van der Waals surface area contributed by atoms with Gasteiger partial charge in [0.1, 0.15) is 0 Å². The van der Waals surface area contributed by atoms with Crippen molar-refractivity contribution in [3.63, 3.8) is 0 Å². The number of rotatable bonds is 8. The van der Waals surface area contributed by atoms with E-state index in [1.807, 2.05) is 13.8 Å². The van der Waals surface area contributed by atoms with Gasteiger partial charge in [0, 0.05) is 57.1 Å². The molecule has 1 heterocycles. The third-order valence-electron chi connectivity index (χ3n) is 5.95. The summed E-state index contributed by atoms with van der Waals surface area (Å²) in [7, 11) is 0. The van der Waals surface area contributed by atoms with Crippen LogP contribution >= 0.6 is 0 Å². The lowest BCUT2D eigenvalue weighted by Crippen LogP contribution is -2.48. The first kappa shape index (κ1) is 23.0. The largest absolute Gasteiger partial charge is 0.339 e. The molecule has 0 bridgehead atoms. The lowest BCUT2D eigenvalue weighted by atomic mass is 10.1. The second-order valence-electron chi connectivity index (χ2n) is 8.08. The Kier molecular flexibility index (Phi) is 8.20. The number of hydrogen-bond donors (Lipinski definition) is 1. The van der Waals surface area contributed by atoms with Crippen molar-refractivity contribution in [1.82, 2.24) is 14.7 Å². The summed E-state index contributed by atoms with van der Waals surface area (Å²) in [5, 5.41) is 2.95. The third kappa shape index (κ3) is 6.39. The van der Waals surface area contributed by atoms with Crippen molar-refractivity contribution in [2.45, 2.75) is 27.3 Å². The average molecular weight is 423 g/mol. The van der Waals surface area contributed by atoms with Crippen LogP contribution < -0.4 is 5.32 Å². The topological polar surface area (TPSA) is 55.9 Å². The van der Waals surface area contributed by atoms with E-state index in [9.17, 15) is 9.59 Å². The molecule has 1 aliphatic rings. The van der Waals surface area contributed by atoms with Gasteiger partial charge in [0.2, 0.25) is 5.91 Å². The highest BCUT2D eigenvalue weighted by Gasteiger charge is 2.19. The summed E-state index contributed by atoms with van der Waals surface area (Å²) in [6, 6.07) is 15.7. The number of carbonyl (C=O) groups excluding carboxylic acids is 2. The SMILES string of the molecule is CCN(CC)C(=O)c1ccc(NC(=O)CN2CCN(Cc3ccccc3C)CC2)cc1. The van der Waals surface area contributed by atoms with E-state index < -0.39 is 0 Å². The fourth-order valence-electron chi connectivity index (χ4n) is 3.93. The summed E-state index contributed by atoms with van der Waals surface area (Å²) in [6.07, 6.45) is 0. The maximum atomic E-state index is 12.5. The standard InChI is InChI=1S/C25H34N4O2/c1-4-29(5-2)25(31)21-10-12-23(13-11-21)26-24(30)19-28-16-14-27(15-17-28)18-22-9-7-6-8-20(22)3/h6-13H,4-5,14-19H2,1-3H3,(H,26,30). The van der Waals surface area contributed by atoms with Crippen molar-refractivity contribution in [2.24, 2.45) is 0 Å². The van der Waals surface area contributed by atoms with Crippen molar-refractivity contribution in [2.75, 3.05) is 51.1 Å². The Labute approximate surface area is 185 Å². The Hall–Kier alpha value is -2.70. The molecule has 0 aromatic heterocycles. The summed E-state index contributed by atoms with van der Waals surface area (Å²) in [5.41, 5.74) is 4.07. The van der Waals surface area contributed by atoms with Crippen LogP contribution in [0.25, 0.3) is 0 Å². The van der Waals surface area contributed by atoms with Gasteiger partial charge >= 0.3 is 0 Å². The van der Waals surface area contributed by atoms with Crippen LogP contribution in [-0.4, -0.2) is 72.3 Å². The van der Waals surface area contributed by atoms with Crippen LogP contribution in [-0.2, 0) is 11.3 Å². The van der Waals surface area contributed by atoms with E-state index in [4.69, 9.17) is 0 Å². The van der Waals surface area contributed by atoms with Crippen molar-refractivity contribution in [3.8, 4) is 0 Å². The molecule has 2 amide bonds. The Bertz CT molecular complexity index is 869. The minimum Gasteiger partial charge on any atom is -0.339 e. The molecule has 6 nitrogen and oxygen atoms in total. The molecule has 6 heteroatoms. The van der Waals surface area contributed by atoms with Crippen molar-refractivity contribution in [1.29, 1.82) is 0 Å². The number of nitrogens with one attached hydrogen (secondary N) is 1. The fraction of sp³-hybridized carbons (Fsp3) is 0.440. The van der Waals surface area contributed by atoms with Gasteiger partial charge in [-0.05, 0) is 56.2 Å². The van der Waals surface area contributed by atoms with Crippen molar-refractivity contribution < 1.29 is 9.59 Å². The van der Waals surface area contributed by atoms with Gasteiger partial charge in [0.05, 0.1) is 6.54 Å². The van der Waals surface area contributed by atoms with Gasteiger partial charge in [0.15, 0.2) is 0 Å². The molecule has 1 N–H and O–H groups in total. The van der Waals surface area contributed by atoms with Gasteiger partial charge in [-0.1, -0.05) is 24.3 Å². The summed E-state index contributed by atoms with van der Waals surface area (Å²) in [5.74, 6) is 0.00150. The summed E-state index contributed by atoms with van der Waals surface area (Å²) >= 11 is 0. The first-order valence-electron chi connectivity index (χ1n) is 11.2. The quantitative estimate of drug-likeness (QED) is 0.710. The van der Waals surface area contributed by atoms with Gasteiger partial charge < -0.3 is 10.2 Å². The zero-order chi connectivity index (χ0) is 22.2. The van der Waals surface area contributed by atoms with Gasteiger partial charge in [-0.25, -0.2) is 0 Å². The molecule has 166 valence electrons. The number of hydrogen-bond acceptors (Lipinski definition) is 4. The molecule has 31 heavy (non-hydrogen) atoms. The van der Waals surface area contributed by atoms with Crippen LogP contribution in [0.2, 0.25) is 0 Å². The first-order chi connectivity index (χ1) is 15.0. The predicted octanol–water partition coefficient (Wildman–Crippen LogP) is 3.23. The number of benzene rings is 2. The second-order valence-corrected chi connectivity index (χ2v) is 8.08. The highest BCUT2D eigenvalue weighted by molar-refractivity contribution is 5.96. The van der Waals surface area contributed by atoms with Crippen LogP contribution in [0, 0.1) is 6.92 Å². The van der Waals surface area contributed by atoms with Crippen molar-refractivity contribution >= 4 is 17.5 Å². The van der Waals surface area contributed by atoms with Crippen LogP contribution in [0.1, 0.15) is 35.3 Å². The number of amides is 2. The fourth-order valence-corrected chi connectivity index (χ4v) is 3.93. The normalized spacial score (nSPS) is 14.9. The van der Waals surface area contributed by atoms with Crippen LogP contribution in [0.3, 0.4) is 0 Å². The molecule has 2 aromatic rings. The minimum atomic E-state index is -0.0184. The Morgan fingerprint density at radius 1 is 0.903 bits per heavy atom. The number of aryl methyl sites for hydroxylation is 1. The molecule has 0 unspecified atom stereocenters. The predicted molar refractivity (Wildman–Crippen MR) is 125 cm³/mol. The minimum absolute atomic E-state index is 0.0184. The molecule has 1 aliphatic heterocycles. The molecule has 2 aromatic carbocycles. The monoisotopic (exact) mass is 422 g/mol. The number of carbonyl (C=O) groups is 2. The smallest absolute Gasteiger partial charge is 0.253 e. The highest BCUT2D eigenvalue weighted by atomic mass is 16.2. The van der Waals surface area contributed by atoms with E-state index in [0.29, 0.717) is 25.2 Å². The number of nitrogens with zero attached hydrogens (tertiary/aromatic N) is 3. The Balaban J connectivity index is 1.44. The molecule has 0 atom stereocenters. The van der Waals surface area contributed by atoms with E-state index in [1.165, 1.54) is 11.1 Å². The van der Waals surface area contributed by atoms with E-state index in [2.05, 4.69) is 46.3 Å². The molecule has 1 fully saturated rings. The van der Waals surface area contributed by atoms with E-state index in [0.717, 1.165) is 38.4 Å². The summed E-state index contributed by atoms with van der Waals surface area (Å²) < 4.78 is 0. The number of anilines is 1. The van der Waals surface area contributed by atoms with Crippen LogP contribution in [0.5, 0.6) is 0 Å². The van der Waals surface area contributed by atoms with Crippen molar-refractivity contribution in [3.05, 3.63) is 65.2 Å². The molecular formula is C25H34N4O2. The van der Waals surface area contributed by atoms with Crippen LogP contribution in [0.4, 0.5) is 5.69 Å². The lowest BCUT2D eigenvalue weighted by molar-refractivity contribution is -0.117. The molecule has 0 spiro atoms. The molecule has 0 aliphatic carbocycles. The van der Waals surface area contributed by atoms with Gasteiger partial charge in [-0.15, -0.1) is 0 Å². The maximum absolute atomic E-state index is 12.5. The number of piperazine rings is 1. The van der Waals surface area contributed by atoms with Gasteiger partial charge in [-0.2, -0.15) is 0 Å². The molecule has 1 saturated heterocycles. The van der Waals surface area contributed by atoms with Gasteiger partial charge in [0.25, 0.3) is 5.91 Å². The Morgan fingerprint density at radius 2 is 1.52 bits per heavy atom. The van der Waals surface area contributed by atoms with E-state index in [1.54, 1.807) is 29.2 Å². The van der Waals surface area contributed by atoms with Gasteiger partial charge in [-0.3, -0.25) is 19.4 Å². The van der Waals surface area contributed by atoms with E-state index >= 15 is 0 Å². The molecule has 0 radical (unpaired) electrons. The lowest BCUT2D eigenvalue weighted by Gasteiger charge is -2.34. The zero-order valence-corrected chi connectivity index (χ0v) is 18.9. The molecular weight excluding hydrogens is 388 g/mol.